The summed E-state index contributed by atoms with van der Waals surface area (Å²) >= 11 is 0. The first-order valence-corrected chi connectivity index (χ1v) is 6.53. The summed E-state index contributed by atoms with van der Waals surface area (Å²) in [5.74, 6) is -0.127. The summed E-state index contributed by atoms with van der Waals surface area (Å²) in [5, 5.41) is 8.89. The first-order chi connectivity index (χ1) is 9.06. The normalized spacial score (nSPS) is 19.4. The zero-order chi connectivity index (χ0) is 14.3. The summed E-state index contributed by atoms with van der Waals surface area (Å²) in [7, 11) is 1.89. The molecule has 1 aliphatic heterocycles. The van der Waals surface area contributed by atoms with Crippen molar-refractivity contribution < 1.29 is 4.79 Å². The Morgan fingerprint density at radius 3 is 2.89 bits per heavy atom. The number of aliphatic imine (C=N–C) groups is 2. The van der Waals surface area contributed by atoms with Gasteiger partial charge >= 0.3 is 0 Å². The molecule has 19 heavy (non-hydrogen) atoms. The molecule has 0 bridgehead atoms. The molecule has 1 amide bonds. The van der Waals surface area contributed by atoms with Crippen molar-refractivity contribution in [1.82, 2.24) is 16.0 Å². The van der Waals surface area contributed by atoms with Crippen LogP contribution in [0.5, 0.6) is 0 Å². The third-order valence-electron chi connectivity index (χ3n) is 2.87. The molecule has 0 aromatic carbocycles. The van der Waals surface area contributed by atoms with Crippen LogP contribution in [0.1, 0.15) is 27.2 Å². The van der Waals surface area contributed by atoms with E-state index in [9.17, 15) is 4.79 Å². The zero-order valence-corrected chi connectivity index (χ0v) is 12.1. The third-order valence-corrected chi connectivity index (χ3v) is 2.87. The fourth-order valence-electron chi connectivity index (χ4n) is 1.71. The highest BCUT2D eigenvalue weighted by molar-refractivity contribution is 6.38. The molecule has 0 aromatic rings. The Labute approximate surface area is 114 Å². The second kappa shape index (κ2) is 7.68. The third kappa shape index (κ3) is 4.82. The molecule has 0 fully saturated rings. The van der Waals surface area contributed by atoms with Gasteiger partial charge in [-0.1, -0.05) is 0 Å². The highest BCUT2D eigenvalue weighted by Gasteiger charge is 2.15. The molecule has 0 saturated heterocycles. The van der Waals surface area contributed by atoms with Crippen molar-refractivity contribution >= 4 is 18.0 Å². The summed E-state index contributed by atoms with van der Waals surface area (Å²) in [6.07, 6.45) is 2.56. The van der Waals surface area contributed by atoms with Gasteiger partial charge in [-0.3, -0.25) is 9.79 Å². The molecule has 1 aliphatic rings. The quantitative estimate of drug-likeness (QED) is 0.481. The molecule has 0 aliphatic carbocycles. The maximum absolute atomic E-state index is 11.8. The predicted octanol–water partition coefficient (Wildman–Crippen LogP) is 0.425. The average molecular weight is 265 g/mol. The van der Waals surface area contributed by atoms with Crippen LogP contribution in [-0.2, 0) is 4.79 Å². The molecule has 3 N–H and O–H groups in total. The minimum atomic E-state index is -0.127. The molecule has 0 aromatic heterocycles. The van der Waals surface area contributed by atoms with E-state index in [4.69, 9.17) is 0 Å². The summed E-state index contributed by atoms with van der Waals surface area (Å²) < 4.78 is 0. The number of hydrogen-bond acceptors (Lipinski definition) is 5. The second-order valence-corrected chi connectivity index (χ2v) is 4.52. The van der Waals surface area contributed by atoms with Gasteiger partial charge in [-0.2, -0.15) is 0 Å². The number of carbonyl (C=O) groups is 1. The maximum atomic E-state index is 11.8. The van der Waals surface area contributed by atoms with E-state index in [1.54, 1.807) is 13.3 Å². The van der Waals surface area contributed by atoms with E-state index in [1.165, 1.54) is 0 Å². The standard InChI is InChI=1S/C13H23N5O/c1-9-12(10(2)17-8-16-9)18-11(3)13(19)15-7-5-6-14-4/h8-9,14H,5-7H2,1-4H3,(H,15,19)(H,16,17). The van der Waals surface area contributed by atoms with Crippen molar-refractivity contribution in [2.45, 2.75) is 33.2 Å². The maximum Gasteiger partial charge on any atom is 0.265 e. The second-order valence-electron chi connectivity index (χ2n) is 4.52. The van der Waals surface area contributed by atoms with Gasteiger partial charge in [-0.15, -0.1) is 0 Å². The molecule has 0 spiro atoms. The molecule has 6 heteroatoms. The van der Waals surface area contributed by atoms with Gasteiger partial charge < -0.3 is 16.0 Å². The molecular formula is C13H23N5O. The largest absolute Gasteiger partial charge is 0.351 e. The van der Waals surface area contributed by atoms with E-state index in [-0.39, 0.29) is 11.9 Å². The van der Waals surface area contributed by atoms with Crippen LogP contribution >= 0.6 is 0 Å². The number of nitrogens with zero attached hydrogens (tertiary/aromatic N) is 2. The van der Waals surface area contributed by atoms with Crippen molar-refractivity contribution in [2.24, 2.45) is 9.98 Å². The Balaban J connectivity index is 2.58. The van der Waals surface area contributed by atoms with E-state index < -0.39 is 0 Å². The number of carbonyl (C=O) groups excluding carboxylic acids is 1. The number of amides is 1. The molecule has 1 heterocycles. The van der Waals surface area contributed by atoms with Gasteiger partial charge in [0.05, 0.1) is 18.1 Å². The predicted molar refractivity (Wildman–Crippen MR) is 78.5 cm³/mol. The zero-order valence-electron chi connectivity index (χ0n) is 12.1. The number of hydrogen-bond donors (Lipinski definition) is 3. The van der Waals surface area contributed by atoms with Crippen molar-refractivity contribution in [2.75, 3.05) is 20.1 Å². The summed E-state index contributed by atoms with van der Waals surface area (Å²) in [6, 6.07) is -0.0201. The lowest BCUT2D eigenvalue weighted by molar-refractivity contribution is -0.114. The Bertz CT molecular complexity index is 411. The minimum absolute atomic E-state index is 0.0201. The Morgan fingerprint density at radius 1 is 1.53 bits per heavy atom. The van der Waals surface area contributed by atoms with Crippen LogP contribution in [0.2, 0.25) is 0 Å². The van der Waals surface area contributed by atoms with E-state index >= 15 is 0 Å². The molecule has 106 valence electrons. The van der Waals surface area contributed by atoms with Crippen molar-refractivity contribution in [3.63, 3.8) is 0 Å². The van der Waals surface area contributed by atoms with E-state index in [1.807, 2.05) is 20.9 Å². The van der Waals surface area contributed by atoms with Gasteiger partial charge in [0.2, 0.25) is 0 Å². The van der Waals surface area contributed by atoms with Gasteiger partial charge in [0, 0.05) is 12.2 Å². The first kappa shape index (κ1) is 15.4. The Hall–Kier alpha value is -1.69. The van der Waals surface area contributed by atoms with Crippen LogP contribution in [0.25, 0.3) is 0 Å². The molecule has 1 atom stereocenters. The number of allylic oxidation sites excluding steroid dienone is 1. The van der Waals surface area contributed by atoms with Crippen LogP contribution in [0.3, 0.4) is 0 Å². The van der Waals surface area contributed by atoms with E-state index in [2.05, 4.69) is 25.9 Å². The van der Waals surface area contributed by atoms with E-state index in [0.717, 1.165) is 24.4 Å². The van der Waals surface area contributed by atoms with Gasteiger partial charge in [-0.05, 0) is 40.8 Å². The summed E-state index contributed by atoms with van der Waals surface area (Å²) in [4.78, 5) is 20.5. The van der Waals surface area contributed by atoms with Crippen LogP contribution in [0.4, 0.5) is 0 Å². The van der Waals surface area contributed by atoms with E-state index in [0.29, 0.717) is 12.3 Å². The topological polar surface area (TPSA) is 77.9 Å². The highest BCUT2D eigenvalue weighted by atomic mass is 16.1. The Morgan fingerprint density at radius 2 is 2.26 bits per heavy atom. The van der Waals surface area contributed by atoms with Crippen molar-refractivity contribution in [3.05, 3.63) is 11.4 Å². The highest BCUT2D eigenvalue weighted by Crippen LogP contribution is 2.14. The fourth-order valence-corrected chi connectivity index (χ4v) is 1.71. The van der Waals surface area contributed by atoms with Crippen LogP contribution in [0, 0.1) is 0 Å². The Kier molecular flexibility index (Phi) is 6.21. The van der Waals surface area contributed by atoms with Crippen molar-refractivity contribution in [1.29, 1.82) is 0 Å². The van der Waals surface area contributed by atoms with Gasteiger partial charge in [0.1, 0.15) is 5.71 Å². The average Bonchev–Trinajstić information content (AvgIpc) is 2.38. The lowest BCUT2D eigenvalue weighted by Gasteiger charge is -2.17. The molecule has 0 radical (unpaired) electrons. The lowest BCUT2D eigenvalue weighted by atomic mass is 10.2. The molecule has 0 saturated carbocycles. The molecular weight excluding hydrogens is 242 g/mol. The van der Waals surface area contributed by atoms with Gasteiger partial charge in [0.25, 0.3) is 5.91 Å². The van der Waals surface area contributed by atoms with Gasteiger partial charge in [-0.25, -0.2) is 4.99 Å². The molecule has 1 rings (SSSR count). The number of nitrogens with one attached hydrogen (secondary N) is 3. The SMILES string of the molecule is CNCCCNC(=O)C(C)=NC1=C(C)NC=NC1C. The molecule has 1 unspecified atom stereocenters. The smallest absolute Gasteiger partial charge is 0.265 e. The summed E-state index contributed by atoms with van der Waals surface area (Å²) in [5.41, 5.74) is 2.21. The van der Waals surface area contributed by atoms with Crippen LogP contribution in [0.15, 0.2) is 21.4 Å². The minimum Gasteiger partial charge on any atom is -0.351 e. The van der Waals surface area contributed by atoms with Crippen molar-refractivity contribution in [3.8, 4) is 0 Å². The fraction of sp³-hybridized carbons (Fsp3) is 0.615. The van der Waals surface area contributed by atoms with Crippen LogP contribution in [-0.4, -0.2) is 44.1 Å². The lowest BCUT2D eigenvalue weighted by Crippen LogP contribution is -2.32. The molecule has 6 nitrogen and oxygen atoms in total. The first-order valence-electron chi connectivity index (χ1n) is 6.53. The van der Waals surface area contributed by atoms with Gasteiger partial charge in [0.15, 0.2) is 0 Å². The number of rotatable bonds is 6. The van der Waals surface area contributed by atoms with Crippen LogP contribution < -0.4 is 16.0 Å². The monoisotopic (exact) mass is 265 g/mol. The summed E-state index contributed by atoms with van der Waals surface area (Å²) in [6.45, 7) is 7.14.